The fraction of sp³-hybridized carbons (Fsp3) is 0.286. The van der Waals surface area contributed by atoms with Gasteiger partial charge in [-0.05, 0) is 62.1 Å². The monoisotopic (exact) mass is 346 g/mol. The first-order valence-corrected chi connectivity index (χ1v) is 8.98. The lowest BCUT2D eigenvalue weighted by molar-refractivity contribution is -0.117. The van der Waals surface area contributed by atoms with Crippen molar-refractivity contribution in [1.29, 1.82) is 0 Å². The van der Waals surface area contributed by atoms with Crippen LogP contribution in [0.5, 0.6) is 0 Å². The van der Waals surface area contributed by atoms with Crippen molar-refractivity contribution in [3.05, 3.63) is 59.9 Å². The van der Waals surface area contributed by atoms with Crippen molar-refractivity contribution in [2.45, 2.75) is 32.7 Å². The van der Waals surface area contributed by atoms with Crippen LogP contribution in [-0.4, -0.2) is 28.5 Å². The lowest BCUT2D eigenvalue weighted by Gasteiger charge is -2.26. The van der Waals surface area contributed by atoms with Crippen LogP contribution < -0.4 is 10.2 Å². The van der Waals surface area contributed by atoms with Gasteiger partial charge in [0.05, 0.1) is 5.52 Å². The zero-order chi connectivity index (χ0) is 18.1. The van der Waals surface area contributed by atoms with E-state index in [0.717, 1.165) is 41.8 Å². The number of nitrogens with zero attached hydrogens (tertiary/aromatic N) is 3. The van der Waals surface area contributed by atoms with Crippen molar-refractivity contribution >= 4 is 28.3 Å². The minimum Gasteiger partial charge on any atom is -0.344 e. The summed E-state index contributed by atoms with van der Waals surface area (Å²) in [5, 5.41) is 4.06. The standard InChI is InChI=1S/C21H22N4O/c1-14-9-10-16(12-15(14)2)24-21(26)19-8-5-11-25(19)20-17-6-3-4-7-18(17)22-13-23-20/h3-4,6-7,9-10,12-13,19H,5,8,11H2,1-2H3,(H,24,26). The number of carbonyl (C=O) groups excluding carboxylic acids is 1. The number of benzene rings is 2. The van der Waals surface area contributed by atoms with Gasteiger partial charge in [0.25, 0.3) is 0 Å². The zero-order valence-corrected chi connectivity index (χ0v) is 15.1. The molecule has 5 nitrogen and oxygen atoms in total. The van der Waals surface area contributed by atoms with Crippen molar-refractivity contribution in [1.82, 2.24) is 9.97 Å². The maximum Gasteiger partial charge on any atom is 0.247 e. The van der Waals surface area contributed by atoms with E-state index in [-0.39, 0.29) is 11.9 Å². The molecule has 1 amide bonds. The Labute approximate surface area is 153 Å². The highest BCUT2D eigenvalue weighted by Gasteiger charge is 2.32. The molecule has 0 radical (unpaired) electrons. The molecule has 26 heavy (non-hydrogen) atoms. The molecule has 4 rings (SSSR count). The number of amides is 1. The quantitative estimate of drug-likeness (QED) is 0.782. The molecule has 5 heteroatoms. The van der Waals surface area contributed by atoms with Gasteiger partial charge in [0.1, 0.15) is 18.2 Å². The minimum atomic E-state index is -0.213. The van der Waals surface area contributed by atoms with Gasteiger partial charge in [-0.2, -0.15) is 0 Å². The fourth-order valence-electron chi connectivity index (χ4n) is 3.56. The first-order valence-electron chi connectivity index (χ1n) is 8.98. The van der Waals surface area contributed by atoms with Crippen LogP contribution in [0.1, 0.15) is 24.0 Å². The lowest BCUT2D eigenvalue weighted by Crippen LogP contribution is -2.40. The molecular weight excluding hydrogens is 324 g/mol. The summed E-state index contributed by atoms with van der Waals surface area (Å²) in [5.74, 6) is 0.863. The summed E-state index contributed by atoms with van der Waals surface area (Å²) in [7, 11) is 0. The van der Waals surface area contributed by atoms with Crippen molar-refractivity contribution in [2.24, 2.45) is 0 Å². The van der Waals surface area contributed by atoms with E-state index >= 15 is 0 Å². The summed E-state index contributed by atoms with van der Waals surface area (Å²) in [4.78, 5) is 23.9. The third kappa shape index (κ3) is 3.01. The van der Waals surface area contributed by atoms with E-state index in [1.165, 1.54) is 11.1 Å². The van der Waals surface area contributed by atoms with Crippen LogP contribution in [0.25, 0.3) is 10.9 Å². The molecule has 1 saturated heterocycles. The van der Waals surface area contributed by atoms with E-state index in [1.807, 2.05) is 42.5 Å². The number of anilines is 2. The van der Waals surface area contributed by atoms with Gasteiger partial charge in [0.2, 0.25) is 5.91 Å². The Bertz CT molecular complexity index is 964. The van der Waals surface area contributed by atoms with Crippen LogP contribution in [0.3, 0.4) is 0 Å². The summed E-state index contributed by atoms with van der Waals surface area (Å²) in [6, 6.07) is 13.7. The molecule has 2 aromatic carbocycles. The van der Waals surface area contributed by atoms with Crippen molar-refractivity contribution < 1.29 is 4.79 Å². The topological polar surface area (TPSA) is 58.1 Å². The first kappa shape index (κ1) is 16.5. The molecule has 1 aromatic heterocycles. The lowest BCUT2D eigenvalue weighted by atomic mass is 10.1. The Hall–Kier alpha value is -2.95. The fourth-order valence-corrected chi connectivity index (χ4v) is 3.56. The van der Waals surface area contributed by atoms with Crippen LogP contribution in [-0.2, 0) is 4.79 Å². The number of nitrogens with one attached hydrogen (secondary N) is 1. The van der Waals surface area contributed by atoms with Gasteiger partial charge in [-0.1, -0.05) is 18.2 Å². The Morgan fingerprint density at radius 3 is 2.81 bits per heavy atom. The smallest absolute Gasteiger partial charge is 0.247 e. The van der Waals surface area contributed by atoms with Gasteiger partial charge in [-0.25, -0.2) is 9.97 Å². The third-order valence-electron chi connectivity index (χ3n) is 5.12. The second-order valence-corrected chi connectivity index (χ2v) is 6.85. The normalized spacial score (nSPS) is 16.8. The highest BCUT2D eigenvalue weighted by molar-refractivity contribution is 5.99. The van der Waals surface area contributed by atoms with Crippen molar-refractivity contribution in [2.75, 3.05) is 16.8 Å². The van der Waals surface area contributed by atoms with Crippen LogP contribution in [0.4, 0.5) is 11.5 Å². The molecule has 1 unspecified atom stereocenters. The Kier molecular flexibility index (Phi) is 4.29. The number of aryl methyl sites for hydroxylation is 2. The van der Waals surface area contributed by atoms with E-state index in [1.54, 1.807) is 6.33 Å². The number of rotatable bonds is 3. The number of hydrogen-bond donors (Lipinski definition) is 1. The summed E-state index contributed by atoms with van der Waals surface area (Å²) in [5.41, 5.74) is 4.14. The van der Waals surface area contributed by atoms with Crippen molar-refractivity contribution in [3.63, 3.8) is 0 Å². The molecule has 1 aliphatic rings. The number of aromatic nitrogens is 2. The minimum absolute atomic E-state index is 0.0217. The van der Waals surface area contributed by atoms with Gasteiger partial charge < -0.3 is 10.2 Å². The molecule has 1 atom stereocenters. The highest BCUT2D eigenvalue weighted by atomic mass is 16.2. The second kappa shape index (κ2) is 6.75. The summed E-state index contributed by atoms with van der Waals surface area (Å²) in [6.07, 6.45) is 3.38. The van der Waals surface area contributed by atoms with Crippen LogP contribution in [0.2, 0.25) is 0 Å². The largest absolute Gasteiger partial charge is 0.344 e. The van der Waals surface area contributed by atoms with Gasteiger partial charge in [-0.3, -0.25) is 4.79 Å². The van der Waals surface area contributed by atoms with Gasteiger partial charge in [0.15, 0.2) is 0 Å². The van der Waals surface area contributed by atoms with E-state index in [4.69, 9.17) is 0 Å². The predicted octanol–water partition coefficient (Wildman–Crippen LogP) is 3.85. The SMILES string of the molecule is Cc1ccc(NC(=O)C2CCCN2c2ncnc3ccccc23)cc1C. The summed E-state index contributed by atoms with van der Waals surface area (Å²) >= 11 is 0. The molecule has 0 bridgehead atoms. The van der Waals surface area contributed by atoms with E-state index in [2.05, 4.69) is 34.0 Å². The van der Waals surface area contributed by atoms with Crippen LogP contribution in [0.15, 0.2) is 48.8 Å². The number of fused-ring (bicyclic) bond motifs is 1. The molecule has 2 heterocycles. The zero-order valence-electron chi connectivity index (χ0n) is 15.1. The second-order valence-electron chi connectivity index (χ2n) is 6.85. The molecule has 132 valence electrons. The van der Waals surface area contributed by atoms with E-state index < -0.39 is 0 Å². The van der Waals surface area contributed by atoms with Crippen LogP contribution in [0, 0.1) is 13.8 Å². The number of hydrogen-bond acceptors (Lipinski definition) is 4. The Balaban J connectivity index is 1.61. The molecular formula is C21H22N4O. The molecule has 1 aliphatic heterocycles. The van der Waals surface area contributed by atoms with Crippen LogP contribution >= 0.6 is 0 Å². The highest BCUT2D eigenvalue weighted by Crippen LogP contribution is 2.30. The number of para-hydroxylation sites is 1. The molecule has 0 spiro atoms. The Morgan fingerprint density at radius 1 is 1.12 bits per heavy atom. The van der Waals surface area contributed by atoms with E-state index in [9.17, 15) is 4.79 Å². The van der Waals surface area contributed by atoms with Gasteiger partial charge >= 0.3 is 0 Å². The summed E-state index contributed by atoms with van der Waals surface area (Å²) < 4.78 is 0. The molecule has 0 saturated carbocycles. The maximum absolute atomic E-state index is 12.9. The van der Waals surface area contributed by atoms with Crippen molar-refractivity contribution in [3.8, 4) is 0 Å². The third-order valence-corrected chi connectivity index (χ3v) is 5.12. The molecule has 1 N–H and O–H groups in total. The average Bonchev–Trinajstić information content (AvgIpc) is 3.14. The van der Waals surface area contributed by atoms with Gasteiger partial charge in [0, 0.05) is 17.6 Å². The summed E-state index contributed by atoms with van der Waals surface area (Å²) in [6.45, 7) is 4.95. The van der Waals surface area contributed by atoms with Gasteiger partial charge in [-0.15, -0.1) is 0 Å². The molecule has 1 fully saturated rings. The molecule has 3 aromatic rings. The Morgan fingerprint density at radius 2 is 1.96 bits per heavy atom. The molecule has 0 aliphatic carbocycles. The average molecular weight is 346 g/mol. The first-order chi connectivity index (χ1) is 12.6. The maximum atomic E-state index is 12.9. The number of carbonyl (C=O) groups is 1. The van der Waals surface area contributed by atoms with E-state index in [0.29, 0.717) is 0 Å². The predicted molar refractivity (Wildman–Crippen MR) is 104 cm³/mol.